The van der Waals surface area contributed by atoms with Gasteiger partial charge in [-0.2, -0.15) is 10.2 Å². The average molecular weight is 490 g/mol. The summed E-state index contributed by atoms with van der Waals surface area (Å²) in [5, 5.41) is 13.4. The topological polar surface area (TPSA) is 114 Å². The predicted octanol–water partition coefficient (Wildman–Crippen LogP) is 3.06. The maximum Gasteiger partial charge on any atom is 0.202 e. The molecule has 0 spiro atoms. The molecule has 3 atom stereocenters. The lowest BCUT2D eigenvalue weighted by atomic mass is 9.94. The van der Waals surface area contributed by atoms with Crippen LogP contribution in [0, 0.1) is 17.7 Å². The number of nitrogens with two attached hydrogens (primary N) is 1. The van der Waals surface area contributed by atoms with E-state index >= 15 is 0 Å². The van der Waals surface area contributed by atoms with Gasteiger partial charge in [0.1, 0.15) is 17.2 Å². The van der Waals surface area contributed by atoms with Gasteiger partial charge in [0, 0.05) is 54.9 Å². The highest BCUT2D eigenvalue weighted by atomic mass is 35.5. The molecule has 1 unspecified atom stereocenters. The normalized spacial score (nSPS) is 23.4. The molecule has 2 aliphatic rings. The number of aromatic nitrogens is 7. The van der Waals surface area contributed by atoms with E-state index in [4.69, 9.17) is 27.3 Å². The van der Waals surface area contributed by atoms with Crippen LogP contribution in [-0.2, 0) is 12.5 Å². The number of hydrogen-bond acceptors (Lipinski definition) is 7. The van der Waals surface area contributed by atoms with Crippen LogP contribution in [-0.4, -0.2) is 54.6 Å². The van der Waals surface area contributed by atoms with Crippen LogP contribution < -0.4 is 10.6 Å². The van der Waals surface area contributed by atoms with Crippen LogP contribution in [0.4, 0.5) is 10.2 Å². The first kappa shape index (κ1) is 20.7. The molecule has 0 bridgehead atoms. The van der Waals surface area contributed by atoms with Gasteiger partial charge in [0.05, 0.1) is 28.6 Å². The summed E-state index contributed by atoms with van der Waals surface area (Å²) < 4.78 is 15.1. The van der Waals surface area contributed by atoms with Crippen molar-refractivity contribution in [2.45, 2.75) is 5.41 Å². The second kappa shape index (κ2) is 7.19. The first-order valence-corrected chi connectivity index (χ1v) is 11.8. The zero-order chi connectivity index (χ0) is 23.9. The monoisotopic (exact) mass is 489 g/mol. The third-order valence-electron chi connectivity index (χ3n) is 7.66. The number of H-pyrrole nitrogens is 1. The smallest absolute Gasteiger partial charge is 0.202 e. The van der Waals surface area contributed by atoms with Crippen molar-refractivity contribution in [3.63, 3.8) is 0 Å². The van der Waals surface area contributed by atoms with Gasteiger partial charge in [-0.25, -0.2) is 14.4 Å². The molecule has 5 aromatic rings. The van der Waals surface area contributed by atoms with Crippen molar-refractivity contribution >= 4 is 39.5 Å². The SMILES string of the molecule is Cn1cc2c(Cl)c(-c3[nH]nc4nc(N5C[C@@H]6[C@H](C5)C6(CN)c5ccc(F)cn5)cnc34)ccc2n1. The Morgan fingerprint density at radius 1 is 1.17 bits per heavy atom. The van der Waals surface area contributed by atoms with E-state index in [9.17, 15) is 4.39 Å². The zero-order valence-electron chi connectivity index (χ0n) is 18.8. The standard InChI is InChI=1S/C24H21ClFN9/c1-34-8-14-17(33-34)4-3-13(20(14)25)21-22-23(32-31-21)30-19(7-29-22)35-9-15-16(10-35)24(15,11-27)18-5-2-12(26)6-28-18/h2-8,15-16H,9-11,27H2,1H3,(H,30,31,32)/t15-,16+,24?. The van der Waals surface area contributed by atoms with E-state index in [1.165, 1.54) is 12.3 Å². The van der Waals surface area contributed by atoms with Crippen molar-refractivity contribution in [1.82, 2.24) is 34.9 Å². The minimum atomic E-state index is -0.336. The molecular weight excluding hydrogens is 469 g/mol. The number of benzene rings is 1. The number of nitrogens with one attached hydrogen (secondary N) is 1. The molecule has 176 valence electrons. The zero-order valence-corrected chi connectivity index (χ0v) is 19.5. The molecule has 5 heterocycles. The molecule has 4 aromatic heterocycles. The van der Waals surface area contributed by atoms with Crippen molar-refractivity contribution in [3.8, 4) is 11.3 Å². The third-order valence-corrected chi connectivity index (χ3v) is 8.07. The van der Waals surface area contributed by atoms with E-state index in [0.29, 0.717) is 34.6 Å². The highest BCUT2D eigenvalue weighted by Gasteiger charge is 2.69. The maximum atomic E-state index is 13.4. The Hall–Kier alpha value is -3.63. The van der Waals surface area contributed by atoms with Crippen molar-refractivity contribution < 1.29 is 4.39 Å². The van der Waals surface area contributed by atoms with Gasteiger partial charge in [-0.1, -0.05) is 11.6 Å². The minimum Gasteiger partial charge on any atom is -0.355 e. The molecule has 3 N–H and O–H groups in total. The Bertz CT molecular complexity index is 1600. The number of aryl methyl sites for hydroxylation is 1. The number of nitrogens with zero attached hydrogens (tertiary/aromatic N) is 7. The van der Waals surface area contributed by atoms with Gasteiger partial charge >= 0.3 is 0 Å². The van der Waals surface area contributed by atoms with Crippen molar-refractivity contribution in [2.24, 2.45) is 24.6 Å². The van der Waals surface area contributed by atoms with Gasteiger partial charge in [-0.05, 0) is 36.1 Å². The summed E-state index contributed by atoms with van der Waals surface area (Å²) in [4.78, 5) is 16.0. The summed E-state index contributed by atoms with van der Waals surface area (Å²) in [6.07, 6.45) is 4.94. The molecular formula is C24H21ClFN9. The molecule has 1 saturated heterocycles. The fourth-order valence-electron chi connectivity index (χ4n) is 5.86. The first-order valence-electron chi connectivity index (χ1n) is 11.4. The van der Waals surface area contributed by atoms with E-state index in [2.05, 4.69) is 25.2 Å². The number of hydrogen-bond donors (Lipinski definition) is 2. The van der Waals surface area contributed by atoms with Crippen LogP contribution in [0.25, 0.3) is 33.3 Å². The summed E-state index contributed by atoms with van der Waals surface area (Å²) in [6.45, 7) is 2.08. The minimum absolute atomic E-state index is 0.192. The second-order valence-corrected chi connectivity index (χ2v) is 9.76. The molecule has 9 nitrogen and oxygen atoms in total. The van der Waals surface area contributed by atoms with Gasteiger partial charge in [0.2, 0.25) is 5.65 Å². The van der Waals surface area contributed by atoms with Crippen molar-refractivity contribution in [2.75, 3.05) is 24.5 Å². The lowest BCUT2D eigenvalue weighted by molar-refractivity contribution is 0.533. The summed E-state index contributed by atoms with van der Waals surface area (Å²) in [5.74, 6) is 1.14. The third kappa shape index (κ3) is 2.86. The molecule has 35 heavy (non-hydrogen) atoms. The number of piperidine rings is 1. The van der Waals surface area contributed by atoms with E-state index in [-0.39, 0.29) is 11.2 Å². The van der Waals surface area contributed by atoms with Crippen LogP contribution in [0.15, 0.2) is 42.9 Å². The summed E-state index contributed by atoms with van der Waals surface area (Å²) >= 11 is 6.71. The number of pyridine rings is 1. The Balaban J connectivity index is 1.17. The number of halogens is 2. The molecule has 11 heteroatoms. The van der Waals surface area contributed by atoms with Gasteiger partial charge in [-0.15, -0.1) is 0 Å². The fraction of sp³-hybridized carbons (Fsp3) is 0.292. The number of rotatable bonds is 4. The Morgan fingerprint density at radius 3 is 2.74 bits per heavy atom. The van der Waals surface area contributed by atoms with Crippen molar-refractivity contribution in [1.29, 1.82) is 0 Å². The molecule has 1 saturated carbocycles. The van der Waals surface area contributed by atoms with Crippen LogP contribution in [0.2, 0.25) is 5.02 Å². The number of anilines is 1. The second-order valence-electron chi connectivity index (χ2n) is 9.39. The van der Waals surface area contributed by atoms with E-state index in [1.54, 1.807) is 16.9 Å². The lowest BCUT2D eigenvalue weighted by Crippen LogP contribution is -2.35. The quantitative estimate of drug-likeness (QED) is 0.398. The molecule has 7 rings (SSSR count). The van der Waals surface area contributed by atoms with Crippen LogP contribution in [0.1, 0.15) is 5.69 Å². The van der Waals surface area contributed by atoms with E-state index in [1.807, 2.05) is 25.4 Å². The largest absolute Gasteiger partial charge is 0.355 e. The predicted molar refractivity (Wildman–Crippen MR) is 131 cm³/mol. The maximum absolute atomic E-state index is 13.4. The molecule has 0 radical (unpaired) electrons. The Labute approximate surface area is 204 Å². The van der Waals surface area contributed by atoms with Crippen molar-refractivity contribution in [3.05, 3.63) is 59.4 Å². The Morgan fingerprint density at radius 2 is 2.00 bits per heavy atom. The summed E-state index contributed by atoms with van der Waals surface area (Å²) in [7, 11) is 1.87. The van der Waals surface area contributed by atoms with E-state index < -0.39 is 0 Å². The highest BCUT2D eigenvalue weighted by molar-refractivity contribution is 6.38. The van der Waals surface area contributed by atoms with Crippen LogP contribution >= 0.6 is 11.6 Å². The first-order chi connectivity index (χ1) is 17.0. The molecule has 2 fully saturated rings. The molecule has 1 aliphatic carbocycles. The van der Waals surface area contributed by atoms with Gasteiger partial charge in [0.25, 0.3) is 0 Å². The molecule has 1 aromatic carbocycles. The van der Waals surface area contributed by atoms with Gasteiger partial charge in [0.15, 0.2) is 0 Å². The van der Waals surface area contributed by atoms with Gasteiger partial charge < -0.3 is 10.6 Å². The average Bonchev–Trinajstić information content (AvgIpc) is 3.31. The lowest BCUT2D eigenvalue weighted by Gasteiger charge is -2.26. The summed E-state index contributed by atoms with van der Waals surface area (Å²) in [5.41, 5.74) is 10.4. The fourth-order valence-corrected chi connectivity index (χ4v) is 6.16. The summed E-state index contributed by atoms with van der Waals surface area (Å²) in [6, 6.07) is 7.07. The molecule has 1 aliphatic heterocycles. The number of fused-ring (bicyclic) bond motifs is 3. The Kier molecular flexibility index (Phi) is 4.26. The molecule has 0 amide bonds. The van der Waals surface area contributed by atoms with Crippen LogP contribution in [0.3, 0.4) is 0 Å². The van der Waals surface area contributed by atoms with E-state index in [0.717, 1.165) is 46.8 Å². The van der Waals surface area contributed by atoms with Crippen LogP contribution in [0.5, 0.6) is 0 Å². The highest BCUT2D eigenvalue weighted by Crippen LogP contribution is 2.62. The van der Waals surface area contributed by atoms with Gasteiger partial charge in [-0.3, -0.25) is 14.8 Å². The number of aromatic amines is 1.